The third-order valence-corrected chi connectivity index (χ3v) is 7.35. The average molecular weight is 545 g/mol. The summed E-state index contributed by atoms with van der Waals surface area (Å²) in [7, 11) is 0. The van der Waals surface area contributed by atoms with Gasteiger partial charge in [-0.2, -0.15) is 0 Å². The molecule has 0 fully saturated rings. The van der Waals surface area contributed by atoms with Gasteiger partial charge >= 0.3 is 0 Å². The zero-order valence-corrected chi connectivity index (χ0v) is 22.5. The molecule has 5 aromatic carbocycles. The van der Waals surface area contributed by atoms with E-state index in [0.29, 0.717) is 11.4 Å². The van der Waals surface area contributed by atoms with Gasteiger partial charge in [-0.15, -0.1) is 0 Å². The zero-order valence-electron chi connectivity index (χ0n) is 22.5. The van der Waals surface area contributed by atoms with Crippen LogP contribution < -0.4 is 0 Å². The minimum Gasteiger partial charge on any atom is -0.317 e. The molecule has 200 valence electrons. The summed E-state index contributed by atoms with van der Waals surface area (Å²) >= 11 is 0. The lowest BCUT2D eigenvalue weighted by Crippen LogP contribution is -1.97. The highest BCUT2D eigenvalue weighted by atomic mass is 16.6. The number of para-hydroxylation sites is 1. The van der Waals surface area contributed by atoms with Gasteiger partial charge in [-0.3, -0.25) is 10.1 Å². The van der Waals surface area contributed by atoms with E-state index in [-0.39, 0.29) is 10.6 Å². The van der Waals surface area contributed by atoms with Gasteiger partial charge in [-0.05, 0) is 48.0 Å². The van der Waals surface area contributed by atoms with Gasteiger partial charge in [0, 0.05) is 40.0 Å². The largest absolute Gasteiger partial charge is 0.317 e. The first-order valence-electron chi connectivity index (χ1n) is 13.6. The molecule has 6 heteroatoms. The number of aromatic nitrogens is 3. The van der Waals surface area contributed by atoms with Crippen molar-refractivity contribution in [1.82, 2.24) is 14.5 Å². The van der Waals surface area contributed by atoms with Crippen LogP contribution in [0.15, 0.2) is 146 Å². The monoisotopic (exact) mass is 544 g/mol. The van der Waals surface area contributed by atoms with Gasteiger partial charge in [0.1, 0.15) is 0 Å². The van der Waals surface area contributed by atoms with Gasteiger partial charge in [-0.1, -0.05) is 91.0 Å². The zero-order chi connectivity index (χ0) is 28.5. The smallest absolute Gasteiger partial charge is 0.277 e. The Labute approximate surface area is 242 Å². The van der Waals surface area contributed by atoms with E-state index in [1.165, 1.54) is 6.07 Å². The Hall–Kier alpha value is -5.88. The van der Waals surface area contributed by atoms with Crippen LogP contribution >= 0.6 is 0 Å². The number of nitrogens with zero attached hydrogens (tertiary/aromatic N) is 4. The normalized spacial score (nSPS) is 11.0. The summed E-state index contributed by atoms with van der Waals surface area (Å²) in [5.74, 6) is 0.646. The Bertz CT molecular complexity index is 2010. The summed E-state index contributed by atoms with van der Waals surface area (Å²) in [6, 6.07) is 45.3. The summed E-state index contributed by atoms with van der Waals surface area (Å²) in [6.45, 7) is 0. The van der Waals surface area contributed by atoms with Crippen molar-refractivity contribution in [3.8, 4) is 50.7 Å². The Morgan fingerprint density at radius 2 is 1.21 bits per heavy atom. The molecule has 2 aromatic heterocycles. The number of fused-ring (bicyclic) bond motifs is 1. The molecule has 0 spiro atoms. The van der Waals surface area contributed by atoms with Crippen molar-refractivity contribution < 1.29 is 4.92 Å². The van der Waals surface area contributed by atoms with Crippen LogP contribution in [-0.2, 0) is 0 Å². The van der Waals surface area contributed by atoms with Crippen LogP contribution in [0.3, 0.4) is 0 Å². The standard InChI is InChI=1S/C36H24N4O2/c41-40(42)35-17-8-7-16-31(35)27-18-19-34-28(22-27)20-21-39(34)30-15-9-14-29(23-30)36-37-32(25-10-3-1-4-11-25)24-33(38-36)26-12-5-2-6-13-26/h1-24H. The van der Waals surface area contributed by atoms with Gasteiger partial charge in [-0.25, -0.2) is 9.97 Å². The van der Waals surface area contributed by atoms with Crippen molar-refractivity contribution in [3.63, 3.8) is 0 Å². The molecule has 6 nitrogen and oxygen atoms in total. The molecule has 0 atom stereocenters. The van der Waals surface area contributed by atoms with Crippen molar-refractivity contribution in [2.45, 2.75) is 0 Å². The minimum absolute atomic E-state index is 0.0941. The van der Waals surface area contributed by atoms with Crippen LogP contribution in [0.1, 0.15) is 0 Å². The first kappa shape index (κ1) is 25.1. The fourth-order valence-electron chi connectivity index (χ4n) is 5.30. The highest BCUT2D eigenvalue weighted by Gasteiger charge is 2.16. The van der Waals surface area contributed by atoms with Gasteiger partial charge in [0.25, 0.3) is 5.69 Å². The lowest BCUT2D eigenvalue weighted by molar-refractivity contribution is -0.384. The van der Waals surface area contributed by atoms with E-state index in [4.69, 9.17) is 9.97 Å². The predicted molar refractivity (Wildman–Crippen MR) is 167 cm³/mol. The van der Waals surface area contributed by atoms with Crippen molar-refractivity contribution in [1.29, 1.82) is 0 Å². The van der Waals surface area contributed by atoms with Crippen LogP contribution in [0.25, 0.3) is 61.6 Å². The van der Waals surface area contributed by atoms with Gasteiger partial charge in [0.05, 0.1) is 27.4 Å². The van der Waals surface area contributed by atoms with Crippen LogP contribution in [-0.4, -0.2) is 19.5 Å². The second-order valence-corrected chi connectivity index (χ2v) is 9.98. The molecule has 42 heavy (non-hydrogen) atoms. The molecular formula is C36H24N4O2. The number of rotatable bonds is 6. The molecule has 0 saturated heterocycles. The molecule has 0 amide bonds. The van der Waals surface area contributed by atoms with Crippen molar-refractivity contribution in [2.24, 2.45) is 0 Å². The maximum atomic E-state index is 11.6. The van der Waals surface area contributed by atoms with E-state index >= 15 is 0 Å². The van der Waals surface area contributed by atoms with Crippen LogP contribution in [0.2, 0.25) is 0 Å². The fourth-order valence-corrected chi connectivity index (χ4v) is 5.30. The molecule has 0 aliphatic heterocycles. The first-order valence-corrected chi connectivity index (χ1v) is 13.6. The van der Waals surface area contributed by atoms with Gasteiger partial charge < -0.3 is 4.57 Å². The molecule has 0 aliphatic rings. The van der Waals surface area contributed by atoms with E-state index in [9.17, 15) is 10.1 Å². The van der Waals surface area contributed by atoms with Crippen molar-refractivity contribution >= 4 is 16.6 Å². The summed E-state index contributed by atoms with van der Waals surface area (Å²) in [5.41, 5.74) is 8.15. The van der Waals surface area contributed by atoms with Crippen LogP contribution in [0.4, 0.5) is 5.69 Å². The Morgan fingerprint density at radius 3 is 1.90 bits per heavy atom. The van der Waals surface area contributed by atoms with E-state index in [1.54, 1.807) is 12.1 Å². The van der Waals surface area contributed by atoms with E-state index in [2.05, 4.69) is 41.0 Å². The van der Waals surface area contributed by atoms with Crippen molar-refractivity contribution in [3.05, 3.63) is 156 Å². The maximum absolute atomic E-state index is 11.6. The summed E-state index contributed by atoms with van der Waals surface area (Å²) in [5, 5.41) is 12.6. The van der Waals surface area contributed by atoms with Gasteiger partial charge in [0.15, 0.2) is 5.82 Å². The topological polar surface area (TPSA) is 73.8 Å². The number of hydrogen-bond acceptors (Lipinski definition) is 4. The lowest BCUT2D eigenvalue weighted by Gasteiger charge is -2.11. The first-order chi connectivity index (χ1) is 20.6. The number of nitro groups is 1. The maximum Gasteiger partial charge on any atom is 0.277 e. The predicted octanol–water partition coefficient (Wildman–Crippen LogP) is 9.00. The Morgan fingerprint density at radius 1 is 0.571 bits per heavy atom. The summed E-state index contributed by atoms with van der Waals surface area (Å²) < 4.78 is 2.11. The Balaban J connectivity index is 1.31. The minimum atomic E-state index is -0.339. The third-order valence-electron chi connectivity index (χ3n) is 7.35. The number of nitro benzene ring substituents is 1. The summed E-state index contributed by atoms with van der Waals surface area (Å²) in [6.07, 6.45) is 2.02. The third kappa shape index (κ3) is 4.71. The second kappa shape index (κ2) is 10.6. The number of benzene rings is 5. The number of hydrogen-bond donors (Lipinski definition) is 0. The fraction of sp³-hybridized carbons (Fsp3) is 0. The molecule has 0 saturated carbocycles. The molecule has 0 N–H and O–H groups in total. The van der Waals surface area contributed by atoms with E-state index in [1.807, 2.05) is 91.1 Å². The average Bonchev–Trinajstić information content (AvgIpc) is 3.49. The SMILES string of the molecule is O=[N+]([O-])c1ccccc1-c1ccc2c(ccn2-c2cccc(-c3nc(-c4ccccc4)cc(-c4ccccc4)n3)c2)c1. The van der Waals surface area contributed by atoms with Gasteiger partial charge in [0.2, 0.25) is 0 Å². The highest BCUT2D eigenvalue weighted by Crippen LogP contribution is 2.33. The van der Waals surface area contributed by atoms with Crippen molar-refractivity contribution in [2.75, 3.05) is 0 Å². The lowest BCUT2D eigenvalue weighted by atomic mass is 10.0. The highest BCUT2D eigenvalue weighted by molar-refractivity contribution is 5.89. The molecule has 0 unspecified atom stereocenters. The Kier molecular flexibility index (Phi) is 6.33. The van der Waals surface area contributed by atoms with Crippen LogP contribution in [0.5, 0.6) is 0 Å². The van der Waals surface area contributed by atoms with Crippen LogP contribution in [0, 0.1) is 10.1 Å². The quantitative estimate of drug-likeness (QED) is 0.155. The second-order valence-electron chi connectivity index (χ2n) is 9.98. The molecule has 7 aromatic rings. The molecule has 0 bridgehead atoms. The molecule has 0 radical (unpaired) electrons. The molecule has 0 aliphatic carbocycles. The molecule has 2 heterocycles. The van der Waals surface area contributed by atoms with E-state index < -0.39 is 0 Å². The molecule has 7 rings (SSSR count). The van der Waals surface area contributed by atoms with E-state index in [0.717, 1.165) is 50.2 Å². The molecular weight excluding hydrogens is 520 g/mol. The summed E-state index contributed by atoms with van der Waals surface area (Å²) in [4.78, 5) is 21.2.